The van der Waals surface area contributed by atoms with Crippen LogP contribution in [-0.2, 0) is 11.2 Å². The van der Waals surface area contributed by atoms with Crippen LogP contribution in [0.2, 0.25) is 0 Å². The summed E-state index contributed by atoms with van der Waals surface area (Å²) < 4.78 is 0. The Morgan fingerprint density at radius 1 is 1.60 bits per heavy atom. The second-order valence-corrected chi connectivity index (χ2v) is 4.62. The Labute approximate surface area is 94.0 Å². The van der Waals surface area contributed by atoms with Gasteiger partial charge in [-0.25, -0.2) is 0 Å². The Balaban J connectivity index is 1.82. The maximum Gasteiger partial charge on any atom is 0.224 e. The zero-order valence-corrected chi connectivity index (χ0v) is 9.43. The molecule has 1 aliphatic rings. The number of rotatable bonds is 3. The largest absolute Gasteiger partial charge is 0.350 e. The molecule has 2 rings (SSSR count). The van der Waals surface area contributed by atoms with Crippen molar-refractivity contribution in [2.45, 2.75) is 31.7 Å². The van der Waals surface area contributed by atoms with E-state index in [2.05, 4.69) is 17.5 Å². The summed E-state index contributed by atoms with van der Waals surface area (Å²) in [4.78, 5) is 11.6. The van der Waals surface area contributed by atoms with Crippen LogP contribution < -0.4 is 5.32 Å². The standard InChI is InChI=1S/C12H15NOS/c14-12(8-10-6-7-15-9-10)13-11-4-2-1-3-5-11/h2,4,6-7,9,11H,1,3,5,8H2,(H,13,14). The summed E-state index contributed by atoms with van der Waals surface area (Å²) in [5, 5.41) is 7.06. The summed E-state index contributed by atoms with van der Waals surface area (Å²) in [6.07, 6.45) is 8.17. The molecular formula is C12H15NOS. The Bertz CT molecular complexity index is 343. The number of hydrogen-bond donors (Lipinski definition) is 1. The van der Waals surface area contributed by atoms with Gasteiger partial charge in [0.25, 0.3) is 0 Å². The van der Waals surface area contributed by atoms with E-state index in [0.717, 1.165) is 18.4 Å². The van der Waals surface area contributed by atoms with Crippen molar-refractivity contribution in [2.75, 3.05) is 0 Å². The molecule has 1 N–H and O–H groups in total. The predicted molar refractivity (Wildman–Crippen MR) is 62.9 cm³/mol. The highest BCUT2D eigenvalue weighted by atomic mass is 32.1. The highest BCUT2D eigenvalue weighted by Gasteiger charge is 2.11. The molecule has 1 amide bonds. The molecule has 0 saturated heterocycles. The Kier molecular flexibility index (Phi) is 3.56. The maximum atomic E-state index is 11.6. The molecule has 1 aromatic rings. The van der Waals surface area contributed by atoms with Crippen molar-refractivity contribution in [3.8, 4) is 0 Å². The van der Waals surface area contributed by atoms with Gasteiger partial charge in [-0.3, -0.25) is 4.79 Å². The van der Waals surface area contributed by atoms with Crippen molar-refractivity contribution in [3.05, 3.63) is 34.5 Å². The Morgan fingerprint density at radius 2 is 2.53 bits per heavy atom. The average molecular weight is 221 g/mol. The zero-order chi connectivity index (χ0) is 10.5. The van der Waals surface area contributed by atoms with Crippen molar-refractivity contribution in [2.24, 2.45) is 0 Å². The van der Waals surface area contributed by atoms with Crippen LogP contribution in [0, 0.1) is 0 Å². The lowest BCUT2D eigenvalue weighted by atomic mass is 10.0. The third-order valence-corrected chi connectivity index (χ3v) is 3.28. The minimum atomic E-state index is 0.130. The number of carbonyl (C=O) groups excluding carboxylic acids is 1. The highest BCUT2D eigenvalue weighted by Crippen LogP contribution is 2.11. The molecule has 1 atom stereocenters. The highest BCUT2D eigenvalue weighted by molar-refractivity contribution is 7.07. The molecule has 0 aliphatic heterocycles. The second-order valence-electron chi connectivity index (χ2n) is 3.84. The molecule has 1 unspecified atom stereocenters. The van der Waals surface area contributed by atoms with E-state index in [1.807, 2.05) is 16.8 Å². The van der Waals surface area contributed by atoms with Crippen LogP contribution in [0.5, 0.6) is 0 Å². The van der Waals surface area contributed by atoms with Crippen LogP contribution in [0.4, 0.5) is 0 Å². The molecule has 2 nitrogen and oxygen atoms in total. The molecule has 0 bridgehead atoms. The van der Waals surface area contributed by atoms with Crippen LogP contribution in [-0.4, -0.2) is 11.9 Å². The third-order valence-electron chi connectivity index (χ3n) is 2.55. The van der Waals surface area contributed by atoms with E-state index in [1.165, 1.54) is 6.42 Å². The first-order valence-electron chi connectivity index (χ1n) is 5.32. The van der Waals surface area contributed by atoms with Gasteiger partial charge >= 0.3 is 0 Å². The second kappa shape index (κ2) is 5.12. The minimum Gasteiger partial charge on any atom is -0.350 e. The normalized spacial score (nSPS) is 20.1. The number of hydrogen-bond acceptors (Lipinski definition) is 2. The Morgan fingerprint density at radius 3 is 3.20 bits per heavy atom. The van der Waals surface area contributed by atoms with E-state index >= 15 is 0 Å². The van der Waals surface area contributed by atoms with Crippen LogP contribution in [0.1, 0.15) is 24.8 Å². The van der Waals surface area contributed by atoms with Crippen LogP contribution in [0.3, 0.4) is 0 Å². The van der Waals surface area contributed by atoms with Gasteiger partial charge in [0.15, 0.2) is 0 Å². The lowest BCUT2D eigenvalue weighted by Gasteiger charge is -2.17. The summed E-state index contributed by atoms with van der Waals surface area (Å²) in [5.41, 5.74) is 1.11. The van der Waals surface area contributed by atoms with E-state index in [0.29, 0.717) is 6.42 Å². The van der Waals surface area contributed by atoms with E-state index in [1.54, 1.807) is 11.3 Å². The first-order chi connectivity index (χ1) is 7.34. The van der Waals surface area contributed by atoms with Crippen molar-refractivity contribution in [3.63, 3.8) is 0 Å². The summed E-state index contributed by atoms with van der Waals surface area (Å²) in [5.74, 6) is 0.130. The summed E-state index contributed by atoms with van der Waals surface area (Å²) >= 11 is 1.63. The lowest BCUT2D eigenvalue weighted by molar-refractivity contribution is -0.120. The number of thiophene rings is 1. The van der Waals surface area contributed by atoms with Crippen LogP contribution in [0.15, 0.2) is 29.0 Å². The number of carbonyl (C=O) groups is 1. The fourth-order valence-electron chi connectivity index (χ4n) is 1.77. The molecule has 0 aromatic carbocycles. The molecule has 80 valence electrons. The predicted octanol–water partition coefficient (Wildman–Crippen LogP) is 2.52. The molecule has 0 radical (unpaired) electrons. The summed E-state index contributed by atoms with van der Waals surface area (Å²) in [6.45, 7) is 0. The molecule has 1 aliphatic carbocycles. The number of allylic oxidation sites excluding steroid dienone is 1. The van der Waals surface area contributed by atoms with Gasteiger partial charge in [-0.1, -0.05) is 12.2 Å². The summed E-state index contributed by atoms with van der Waals surface area (Å²) in [7, 11) is 0. The molecule has 1 aromatic heterocycles. The molecule has 1 heterocycles. The minimum absolute atomic E-state index is 0.130. The van der Waals surface area contributed by atoms with E-state index < -0.39 is 0 Å². The van der Waals surface area contributed by atoms with Crippen LogP contribution in [0.25, 0.3) is 0 Å². The maximum absolute atomic E-state index is 11.6. The van der Waals surface area contributed by atoms with Gasteiger partial charge in [-0.05, 0) is 41.7 Å². The molecule has 15 heavy (non-hydrogen) atoms. The molecule has 0 spiro atoms. The van der Waals surface area contributed by atoms with Gasteiger partial charge in [0, 0.05) is 6.04 Å². The van der Waals surface area contributed by atoms with Crippen LogP contribution >= 0.6 is 11.3 Å². The first kappa shape index (κ1) is 10.4. The fraction of sp³-hybridized carbons (Fsp3) is 0.417. The molecule has 0 fully saturated rings. The summed E-state index contributed by atoms with van der Waals surface area (Å²) in [6, 6.07) is 2.26. The van der Waals surface area contributed by atoms with E-state index in [9.17, 15) is 4.79 Å². The van der Waals surface area contributed by atoms with Gasteiger partial charge in [0.2, 0.25) is 5.91 Å². The quantitative estimate of drug-likeness (QED) is 0.781. The van der Waals surface area contributed by atoms with Gasteiger partial charge in [-0.15, -0.1) is 0 Å². The van der Waals surface area contributed by atoms with Gasteiger partial charge < -0.3 is 5.32 Å². The van der Waals surface area contributed by atoms with E-state index in [-0.39, 0.29) is 11.9 Å². The molecular weight excluding hydrogens is 206 g/mol. The fourth-order valence-corrected chi connectivity index (χ4v) is 2.44. The zero-order valence-electron chi connectivity index (χ0n) is 8.61. The third kappa shape index (κ3) is 3.20. The first-order valence-corrected chi connectivity index (χ1v) is 6.26. The topological polar surface area (TPSA) is 29.1 Å². The number of nitrogens with one attached hydrogen (secondary N) is 1. The van der Waals surface area contributed by atoms with Gasteiger partial charge in [-0.2, -0.15) is 11.3 Å². The monoisotopic (exact) mass is 221 g/mol. The SMILES string of the molecule is O=C(Cc1ccsc1)NC1C=CCCC1. The van der Waals surface area contributed by atoms with E-state index in [4.69, 9.17) is 0 Å². The van der Waals surface area contributed by atoms with Gasteiger partial charge in [0.1, 0.15) is 0 Å². The van der Waals surface area contributed by atoms with Crippen molar-refractivity contribution in [1.82, 2.24) is 5.32 Å². The van der Waals surface area contributed by atoms with Gasteiger partial charge in [0.05, 0.1) is 6.42 Å². The number of amides is 1. The van der Waals surface area contributed by atoms with Crippen molar-refractivity contribution >= 4 is 17.2 Å². The van der Waals surface area contributed by atoms with Crippen molar-refractivity contribution < 1.29 is 4.79 Å². The average Bonchev–Trinajstić information content (AvgIpc) is 2.71. The lowest BCUT2D eigenvalue weighted by Crippen LogP contribution is -2.35. The van der Waals surface area contributed by atoms with Crippen molar-refractivity contribution in [1.29, 1.82) is 0 Å². The molecule has 3 heteroatoms. The smallest absolute Gasteiger partial charge is 0.224 e. The Hall–Kier alpha value is -1.09. The molecule has 0 saturated carbocycles.